The lowest BCUT2D eigenvalue weighted by molar-refractivity contribution is 0.00705. The standard InChI is InChI=1S/C10H23NOSi/c1-4-7-12-10(2,11-3)13-8-5-6-9-13/h11,13H,4-9H2,1-3H3. The molecule has 13 heavy (non-hydrogen) atoms. The number of nitrogens with one attached hydrogen (secondary N) is 1. The van der Waals surface area contributed by atoms with Crippen molar-refractivity contribution in [3.8, 4) is 0 Å². The van der Waals surface area contributed by atoms with Gasteiger partial charge in [0, 0.05) is 6.61 Å². The van der Waals surface area contributed by atoms with Crippen molar-refractivity contribution in [3.63, 3.8) is 0 Å². The van der Waals surface area contributed by atoms with Gasteiger partial charge in [0.15, 0.2) is 0 Å². The van der Waals surface area contributed by atoms with Crippen molar-refractivity contribution >= 4 is 8.80 Å². The smallest absolute Gasteiger partial charge is 0.0986 e. The summed E-state index contributed by atoms with van der Waals surface area (Å²) < 4.78 is 5.96. The van der Waals surface area contributed by atoms with Crippen LogP contribution >= 0.6 is 0 Å². The van der Waals surface area contributed by atoms with Crippen LogP contribution in [0.2, 0.25) is 12.1 Å². The van der Waals surface area contributed by atoms with Gasteiger partial charge in [-0.05, 0) is 20.4 Å². The summed E-state index contributed by atoms with van der Waals surface area (Å²) >= 11 is 0. The Bertz CT molecular complexity index is 148. The molecule has 78 valence electrons. The van der Waals surface area contributed by atoms with Gasteiger partial charge < -0.3 is 4.74 Å². The maximum absolute atomic E-state index is 5.96. The van der Waals surface area contributed by atoms with Crippen molar-refractivity contribution in [3.05, 3.63) is 0 Å². The van der Waals surface area contributed by atoms with E-state index >= 15 is 0 Å². The van der Waals surface area contributed by atoms with Gasteiger partial charge in [0.2, 0.25) is 0 Å². The molecule has 0 amide bonds. The molecule has 0 aliphatic carbocycles. The molecular weight excluding hydrogens is 178 g/mol. The highest BCUT2D eigenvalue weighted by Crippen LogP contribution is 2.28. The molecule has 1 aliphatic rings. The van der Waals surface area contributed by atoms with Crippen molar-refractivity contribution in [2.45, 2.75) is 50.5 Å². The third-order valence-electron chi connectivity index (χ3n) is 3.24. The molecule has 1 fully saturated rings. The van der Waals surface area contributed by atoms with Crippen LogP contribution in [0.25, 0.3) is 0 Å². The van der Waals surface area contributed by atoms with Crippen LogP contribution in [0.3, 0.4) is 0 Å². The quantitative estimate of drug-likeness (QED) is 0.542. The molecule has 1 N–H and O–H groups in total. The number of rotatable bonds is 5. The molecule has 1 unspecified atom stereocenters. The lowest BCUT2D eigenvalue weighted by Crippen LogP contribution is -2.54. The molecule has 0 aromatic rings. The molecule has 1 aliphatic heterocycles. The molecule has 3 heteroatoms. The number of hydrogen-bond acceptors (Lipinski definition) is 2. The summed E-state index contributed by atoms with van der Waals surface area (Å²) in [5.41, 5.74) is 0. The molecule has 0 bridgehead atoms. The highest BCUT2D eigenvalue weighted by molar-refractivity contribution is 6.62. The summed E-state index contributed by atoms with van der Waals surface area (Å²) in [6.45, 7) is 5.33. The average molecular weight is 201 g/mol. The van der Waals surface area contributed by atoms with Gasteiger partial charge in [-0.3, -0.25) is 5.32 Å². The maximum Gasteiger partial charge on any atom is 0.0986 e. The molecule has 1 atom stereocenters. The Balaban J connectivity index is 2.45. The van der Waals surface area contributed by atoms with E-state index in [0.29, 0.717) is 0 Å². The number of ether oxygens (including phenoxy) is 1. The second kappa shape index (κ2) is 5.13. The monoisotopic (exact) mass is 201 g/mol. The summed E-state index contributed by atoms with van der Waals surface area (Å²) in [6.07, 6.45) is 3.99. The third kappa shape index (κ3) is 2.79. The van der Waals surface area contributed by atoms with Gasteiger partial charge in [-0.15, -0.1) is 0 Å². The lowest BCUT2D eigenvalue weighted by Gasteiger charge is -2.34. The molecule has 0 spiro atoms. The van der Waals surface area contributed by atoms with E-state index in [4.69, 9.17) is 4.74 Å². The van der Waals surface area contributed by atoms with E-state index in [1.807, 2.05) is 7.05 Å². The van der Waals surface area contributed by atoms with Gasteiger partial charge in [-0.1, -0.05) is 31.9 Å². The highest BCUT2D eigenvalue weighted by Gasteiger charge is 2.36. The summed E-state index contributed by atoms with van der Waals surface area (Å²) in [6, 6.07) is 2.92. The number of hydrogen-bond donors (Lipinski definition) is 1. The van der Waals surface area contributed by atoms with E-state index in [9.17, 15) is 0 Å². The minimum atomic E-state index is -0.676. The zero-order chi connectivity index (χ0) is 9.73. The minimum absolute atomic E-state index is 0.0620. The van der Waals surface area contributed by atoms with Crippen LogP contribution in [-0.2, 0) is 4.74 Å². The zero-order valence-corrected chi connectivity index (χ0v) is 10.4. The summed E-state index contributed by atoms with van der Waals surface area (Å²) in [4.78, 5) is 0. The summed E-state index contributed by atoms with van der Waals surface area (Å²) in [7, 11) is 1.37. The first-order chi connectivity index (χ1) is 6.23. The summed E-state index contributed by atoms with van der Waals surface area (Å²) in [5.74, 6) is 0. The molecule has 1 rings (SSSR count). The predicted molar refractivity (Wildman–Crippen MR) is 59.7 cm³/mol. The third-order valence-corrected chi connectivity index (χ3v) is 7.46. The zero-order valence-electron chi connectivity index (χ0n) is 9.23. The van der Waals surface area contributed by atoms with Crippen LogP contribution in [0.4, 0.5) is 0 Å². The van der Waals surface area contributed by atoms with Crippen LogP contribution in [0, 0.1) is 0 Å². The molecule has 1 heterocycles. The Kier molecular flexibility index (Phi) is 4.42. The van der Waals surface area contributed by atoms with Crippen molar-refractivity contribution in [2.24, 2.45) is 0 Å². The Hall–Kier alpha value is 0.137. The molecule has 2 nitrogen and oxygen atoms in total. The fourth-order valence-electron chi connectivity index (χ4n) is 2.18. The lowest BCUT2D eigenvalue weighted by atomic mass is 10.4. The van der Waals surface area contributed by atoms with Crippen LogP contribution < -0.4 is 5.32 Å². The van der Waals surface area contributed by atoms with E-state index in [1.54, 1.807) is 0 Å². The van der Waals surface area contributed by atoms with Crippen LogP contribution in [0.5, 0.6) is 0 Å². The van der Waals surface area contributed by atoms with E-state index in [2.05, 4.69) is 19.2 Å². The average Bonchev–Trinajstić information content (AvgIpc) is 2.67. The van der Waals surface area contributed by atoms with Crippen molar-refractivity contribution in [1.82, 2.24) is 5.32 Å². The van der Waals surface area contributed by atoms with Gasteiger partial charge in [0.1, 0.15) is 0 Å². The van der Waals surface area contributed by atoms with Crippen molar-refractivity contribution < 1.29 is 4.74 Å². The Morgan fingerprint density at radius 2 is 2.00 bits per heavy atom. The van der Waals surface area contributed by atoms with E-state index in [-0.39, 0.29) is 5.35 Å². The van der Waals surface area contributed by atoms with Gasteiger partial charge in [-0.2, -0.15) is 0 Å². The van der Waals surface area contributed by atoms with Crippen molar-refractivity contribution in [2.75, 3.05) is 13.7 Å². The summed E-state index contributed by atoms with van der Waals surface area (Å²) in [5, 5.41) is 3.46. The SMILES string of the molecule is CCCOC(C)(NC)[SiH]1CCCC1. The molecule has 0 saturated carbocycles. The van der Waals surface area contributed by atoms with Gasteiger partial charge in [0.25, 0.3) is 0 Å². The Morgan fingerprint density at radius 1 is 1.38 bits per heavy atom. The van der Waals surface area contributed by atoms with Gasteiger partial charge >= 0.3 is 0 Å². The molecule has 1 saturated heterocycles. The van der Waals surface area contributed by atoms with Gasteiger partial charge in [0.05, 0.1) is 14.1 Å². The fraction of sp³-hybridized carbons (Fsp3) is 1.00. The van der Waals surface area contributed by atoms with Gasteiger partial charge in [-0.25, -0.2) is 0 Å². The Labute approximate surface area is 83.7 Å². The predicted octanol–water partition coefficient (Wildman–Crippen LogP) is 1.91. The maximum atomic E-state index is 5.96. The van der Waals surface area contributed by atoms with Crippen molar-refractivity contribution in [1.29, 1.82) is 0 Å². The second-order valence-electron chi connectivity index (χ2n) is 4.19. The van der Waals surface area contributed by atoms with E-state index in [1.165, 1.54) is 24.9 Å². The molecule has 0 aromatic heterocycles. The van der Waals surface area contributed by atoms with E-state index in [0.717, 1.165) is 13.0 Å². The first kappa shape index (κ1) is 11.2. The largest absolute Gasteiger partial charge is 0.365 e. The first-order valence-corrected chi connectivity index (χ1v) is 7.77. The minimum Gasteiger partial charge on any atom is -0.365 e. The van der Waals surface area contributed by atoms with Crippen LogP contribution in [0.1, 0.15) is 33.1 Å². The molecule has 0 radical (unpaired) electrons. The molecule has 0 aromatic carbocycles. The normalized spacial score (nSPS) is 23.3. The first-order valence-electron chi connectivity index (χ1n) is 5.56. The highest BCUT2D eigenvalue weighted by atomic mass is 28.3. The Morgan fingerprint density at radius 3 is 2.46 bits per heavy atom. The van der Waals surface area contributed by atoms with Crippen LogP contribution in [-0.4, -0.2) is 27.8 Å². The fourth-order valence-corrected chi connectivity index (χ4v) is 5.90. The topological polar surface area (TPSA) is 21.3 Å². The van der Waals surface area contributed by atoms with E-state index < -0.39 is 8.80 Å². The molecular formula is C10H23NOSi. The second-order valence-corrected chi connectivity index (χ2v) is 7.84. The van der Waals surface area contributed by atoms with Crippen LogP contribution in [0.15, 0.2) is 0 Å².